The van der Waals surface area contributed by atoms with Crippen molar-refractivity contribution in [3.8, 4) is 5.69 Å². The molecular weight excluding hydrogens is 314 g/mol. The summed E-state index contributed by atoms with van der Waals surface area (Å²) in [7, 11) is 0. The molecule has 118 valence electrons. The summed E-state index contributed by atoms with van der Waals surface area (Å²) in [4.78, 5) is 12.4. The summed E-state index contributed by atoms with van der Waals surface area (Å²) < 4.78 is 28.2. The molecule has 0 amide bonds. The van der Waals surface area contributed by atoms with Crippen molar-refractivity contribution in [2.75, 3.05) is 5.32 Å². The SMILES string of the molecule is Fc1ccc(Nc2ncc3cc(-n4cncn4)ccc3n2)c(F)c1. The topological polar surface area (TPSA) is 68.5 Å². The van der Waals surface area contributed by atoms with Crippen LogP contribution in [0.2, 0.25) is 0 Å². The predicted octanol–water partition coefficient (Wildman–Crippen LogP) is 3.23. The van der Waals surface area contributed by atoms with Gasteiger partial charge < -0.3 is 5.32 Å². The predicted molar refractivity (Wildman–Crippen MR) is 84.1 cm³/mol. The van der Waals surface area contributed by atoms with E-state index < -0.39 is 11.6 Å². The van der Waals surface area contributed by atoms with Gasteiger partial charge in [0.2, 0.25) is 5.95 Å². The van der Waals surface area contributed by atoms with Gasteiger partial charge in [-0.25, -0.2) is 28.4 Å². The molecular formula is C16H10F2N6. The zero-order valence-electron chi connectivity index (χ0n) is 12.2. The lowest BCUT2D eigenvalue weighted by molar-refractivity contribution is 0.586. The molecule has 0 atom stereocenters. The average molecular weight is 324 g/mol. The molecule has 0 aliphatic carbocycles. The monoisotopic (exact) mass is 324 g/mol. The maximum Gasteiger partial charge on any atom is 0.227 e. The second-order valence-electron chi connectivity index (χ2n) is 5.03. The molecule has 0 radical (unpaired) electrons. The van der Waals surface area contributed by atoms with Crippen molar-refractivity contribution in [3.05, 3.63) is 66.9 Å². The van der Waals surface area contributed by atoms with Crippen LogP contribution < -0.4 is 5.32 Å². The smallest absolute Gasteiger partial charge is 0.227 e. The maximum atomic E-state index is 13.7. The van der Waals surface area contributed by atoms with E-state index in [9.17, 15) is 8.78 Å². The van der Waals surface area contributed by atoms with Gasteiger partial charge in [0.1, 0.15) is 24.3 Å². The molecule has 4 rings (SSSR count). The van der Waals surface area contributed by atoms with Gasteiger partial charge in [-0.3, -0.25) is 0 Å². The minimum absolute atomic E-state index is 0.106. The van der Waals surface area contributed by atoms with Gasteiger partial charge >= 0.3 is 0 Å². The molecule has 4 aromatic rings. The highest BCUT2D eigenvalue weighted by molar-refractivity contribution is 5.81. The molecule has 0 bridgehead atoms. The summed E-state index contributed by atoms with van der Waals surface area (Å²) >= 11 is 0. The molecule has 6 nitrogen and oxygen atoms in total. The van der Waals surface area contributed by atoms with Gasteiger partial charge in [0, 0.05) is 17.6 Å². The van der Waals surface area contributed by atoms with Crippen LogP contribution in [0, 0.1) is 11.6 Å². The number of hydrogen-bond donors (Lipinski definition) is 1. The van der Waals surface area contributed by atoms with Gasteiger partial charge in [0.05, 0.1) is 16.9 Å². The van der Waals surface area contributed by atoms with Crippen LogP contribution in [0.1, 0.15) is 0 Å². The Morgan fingerprint density at radius 2 is 1.96 bits per heavy atom. The third kappa shape index (κ3) is 2.65. The zero-order chi connectivity index (χ0) is 16.5. The summed E-state index contributed by atoms with van der Waals surface area (Å²) in [6.07, 6.45) is 4.66. The van der Waals surface area contributed by atoms with Crippen molar-refractivity contribution in [2.24, 2.45) is 0 Å². The highest BCUT2D eigenvalue weighted by atomic mass is 19.1. The standard InChI is InChI=1S/C16H10F2N6/c17-11-1-3-15(13(18)6-11)23-16-20-7-10-5-12(2-4-14(10)22-16)24-9-19-8-21-24/h1-9H,(H,20,22,23). The molecule has 8 heteroatoms. The van der Waals surface area contributed by atoms with Crippen molar-refractivity contribution in [2.45, 2.75) is 0 Å². The van der Waals surface area contributed by atoms with E-state index in [0.717, 1.165) is 23.2 Å². The molecule has 0 saturated carbocycles. The molecule has 24 heavy (non-hydrogen) atoms. The van der Waals surface area contributed by atoms with Crippen molar-refractivity contribution < 1.29 is 8.78 Å². The zero-order valence-corrected chi connectivity index (χ0v) is 12.2. The maximum absolute atomic E-state index is 13.7. The lowest BCUT2D eigenvalue weighted by atomic mass is 10.2. The van der Waals surface area contributed by atoms with Crippen molar-refractivity contribution in [1.29, 1.82) is 0 Å². The van der Waals surface area contributed by atoms with Gasteiger partial charge in [-0.15, -0.1) is 0 Å². The summed E-state index contributed by atoms with van der Waals surface area (Å²) in [6, 6.07) is 8.77. The van der Waals surface area contributed by atoms with Gasteiger partial charge in [0.25, 0.3) is 0 Å². The normalized spacial score (nSPS) is 10.9. The van der Waals surface area contributed by atoms with Crippen molar-refractivity contribution in [3.63, 3.8) is 0 Å². The fourth-order valence-corrected chi connectivity index (χ4v) is 2.28. The van der Waals surface area contributed by atoms with Gasteiger partial charge in [0.15, 0.2) is 0 Å². The number of anilines is 2. The number of rotatable bonds is 3. The van der Waals surface area contributed by atoms with Crippen LogP contribution in [0.4, 0.5) is 20.4 Å². The Morgan fingerprint density at radius 3 is 2.75 bits per heavy atom. The summed E-state index contributed by atoms with van der Waals surface area (Å²) in [5.74, 6) is -1.13. The minimum Gasteiger partial charge on any atom is -0.322 e. The third-order valence-corrected chi connectivity index (χ3v) is 3.42. The Labute approximate surface area is 134 Å². The van der Waals surface area contributed by atoms with Crippen LogP contribution in [0.5, 0.6) is 0 Å². The van der Waals surface area contributed by atoms with Crippen molar-refractivity contribution in [1.82, 2.24) is 24.7 Å². The number of halogens is 2. The molecule has 2 heterocycles. The van der Waals surface area contributed by atoms with E-state index in [0.29, 0.717) is 5.52 Å². The van der Waals surface area contributed by atoms with E-state index in [2.05, 4.69) is 25.4 Å². The molecule has 0 spiro atoms. The number of nitrogens with zero attached hydrogens (tertiary/aromatic N) is 5. The number of hydrogen-bond acceptors (Lipinski definition) is 5. The Bertz CT molecular complexity index is 1020. The molecule has 2 aromatic carbocycles. The van der Waals surface area contributed by atoms with Crippen LogP contribution in [-0.4, -0.2) is 24.7 Å². The number of benzene rings is 2. The lowest BCUT2D eigenvalue weighted by Gasteiger charge is -2.07. The van der Waals surface area contributed by atoms with Crippen molar-refractivity contribution >= 4 is 22.5 Å². The lowest BCUT2D eigenvalue weighted by Crippen LogP contribution is -2.00. The highest BCUT2D eigenvalue weighted by Crippen LogP contribution is 2.21. The highest BCUT2D eigenvalue weighted by Gasteiger charge is 2.07. The fraction of sp³-hybridized carbons (Fsp3) is 0. The first-order valence-corrected chi connectivity index (χ1v) is 7.03. The molecule has 1 N–H and O–H groups in total. The van der Waals surface area contributed by atoms with Gasteiger partial charge in [-0.1, -0.05) is 0 Å². The summed E-state index contributed by atoms with van der Waals surface area (Å²) in [5, 5.41) is 7.61. The molecule has 0 saturated heterocycles. The number of fused-ring (bicyclic) bond motifs is 1. The number of nitrogens with one attached hydrogen (secondary N) is 1. The first-order valence-electron chi connectivity index (χ1n) is 7.03. The Hall–Kier alpha value is -3.42. The van der Waals surface area contributed by atoms with Crippen LogP contribution in [-0.2, 0) is 0 Å². The second kappa shape index (κ2) is 5.65. The van der Waals surface area contributed by atoms with E-state index >= 15 is 0 Å². The van der Waals surface area contributed by atoms with Crippen LogP contribution in [0.25, 0.3) is 16.6 Å². The summed E-state index contributed by atoms with van der Waals surface area (Å²) in [5.41, 5.74) is 1.61. The Morgan fingerprint density at radius 1 is 1.04 bits per heavy atom. The first-order chi connectivity index (χ1) is 11.7. The van der Waals surface area contributed by atoms with Crippen LogP contribution in [0.15, 0.2) is 55.2 Å². The molecule has 0 unspecified atom stereocenters. The third-order valence-electron chi connectivity index (χ3n) is 3.42. The number of aromatic nitrogens is 5. The van der Waals surface area contributed by atoms with E-state index in [-0.39, 0.29) is 11.6 Å². The Kier molecular flexibility index (Phi) is 3.34. The molecule has 0 fully saturated rings. The summed E-state index contributed by atoms with van der Waals surface area (Å²) in [6.45, 7) is 0. The fourth-order valence-electron chi connectivity index (χ4n) is 2.28. The Balaban J connectivity index is 1.67. The second-order valence-corrected chi connectivity index (χ2v) is 5.03. The van der Waals surface area contributed by atoms with E-state index in [4.69, 9.17) is 0 Å². The van der Waals surface area contributed by atoms with Gasteiger partial charge in [-0.2, -0.15) is 5.10 Å². The van der Waals surface area contributed by atoms with Gasteiger partial charge in [-0.05, 0) is 30.3 Å². The largest absolute Gasteiger partial charge is 0.322 e. The first kappa shape index (κ1) is 14.2. The average Bonchev–Trinajstić information content (AvgIpc) is 3.11. The van der Waals surface area contributed by atoms with E-state index in [1.54, 1.807) is 23.3 Å². The van der Waals surface area contributed by atoms with E-state index in [1.807, 2.05) is 12.1 Å². The molecule has 0 aliphatic rings. The molecule has 0 aliphatic heterocycles. The van der Waals surface area contributed by atoms with Crippen LogP contribution in [0.3, 0.4) is 0 Å². The molecule has 2 aromatic heterocycles. The minimum atomic E-state index is -0.708. The quantitative estimate of drug-likeness (QED) is 0.626. The van der Waals surface area contributed by atoms with Crippen LogP contribution >= 0.6 is 0 Å². The van der Waals surface area contributed by atoms with E-state index in [1.165, 1.54) is 12.4 Å².